The van der Waals surface area contributed by atoms with Gasteiger partial charge in [-0.15, -0.1) is 0 Å². The van der Waals surface area contributed by atoms with Crippen molar-refractivity contribution in [3.8, 4) is 11.4 Å². The molecule has 2 fully saturated rings. The molecule has 10 heteroatoms. The molecular formula is C29H38N8O2. The lowest BCUT2D eigenvalue weighted by Gasteiger charge is -2.34. The summed E-state index contributed by atoms with van der Waals surface area (Å²) >= 11 is 0. The van der Waals surface area contributed by atoms with Crippen LogP contribution in [0.15, 0.2) is 48.5 Å². The zero-order chi connectivity index (χ0) is 27.2. The molecule has 0 saturated carbocycles. The number of urea groups is 1. The molecule has 0 bridgehead atoms. The number of rotatable bonds is 7. The Kier molecular flexibility index (Phi) is 8.53. The normalized spacial score (nSPS) is 16.4. The van der Waals surface area contributed by atoms with Crippen LogP contribution in [0.2, 0.25) is 0 Å². The monoisotopic (exact) mass is 530 g/mol. The Hall–Kier alpha value is -3.76. The predicted octanol–water partition coefficient (Wildman–Crippen LogP) is 3.97. The van der Waals surface area contributed by atoms with Crippen molar-refractivity contribution < 1.29 is 9.53 Å². The van der Waals surface area contributed by atoms with Crippen LogP contribution in [0.3, 0.4) is 0 Å². The van der Waals surface area contributed by atoms with E-state index in [9.17, 15) is 4.79 Å². The van der Waals surface area contributed by atoms with Crippen LogP contribution in [0.1, 0.15) is 19.7 Å². The van der Waals surface area contributed by atoms with Gasteiger partial charge in [0.25, 0.3) is 0 Å². The van der Waals surface area contributed by atoms with Crippen LogP contribution in [-0.4, -0.2) is 85.4 Å². The second-order valence-corrected chi connectivity index (χ2v) is 10.6. The van der Waals surface area contributed by atoms with Crippen LogP contribution in [0.4, 0.5) is 27.8 Å². The molecule has 2 saturated heterocycles. The number of hydrogen-bond donors (Lipinski definition) is 2. The molecule has 2 amide bonds. The summed E-state index contributed by atoms with van der Waals surface area (Å²) in [6, 6.07) is 15.3. The molecule has 3 heterocycles. The summed E-state index contributed by atoms with van der Waals surface area (Å²) in [7, 11) is 2.15. The number of carbonyl (C=O) groups is 1. The highest BCUT2D eigenvalue weighted by Crippen LogP contribution is 2.23. The van der Waals surface area contributed by atoms with E-state index in [1.54, 1.807) is 0 Å². The zero-order valence-corrected chi connectivity index (χ0v) is 23.1. The third-order valence-electron chi connectivity index (χ3n) is 6.95. The minimum Gasteiger partial charge on any atom is -0.378 e. The third-order valence-corrected chi connectivity index (χ3v) is 6.95. The Balaban J connectivity index is 1.22. The largest absolute Gasteiger partial charge is 0.378 e. The van der Waals surface area contributed by atoms with Crippen LogP contribution < -0.4 is 20.4 Å². The van der Waals surface area contributed by atoms with E-state index < -0.39 is 0 Å². The van der Waals surface area contributed by atoms with Gasteiger partial charge in [-0.05, 0) is 61.5 Å². The lowest BCUT2D eigenvalue weighted by molar-refractivity contribution is 0.122. The molecule has 206 valence electrons. The maximum absolute atomic E-state index is 12.6. The van der Waals surface area contributed by atoms with E-state index in [0.29, 0.717) is 36.6 Å². The summed E-state index contributed by atoms with van der Waals surface area (Å²) in [5.41, 5.74) is 3.49. The number of ether oxygens (including phenoxy) is 1. The number of piperazine rings is 1. The second kappa shape index (κ2) is 12.4. The third kappa shape index (κ3) is 7.21. The van der Waals surface area contributed by atoms with Crippen molar-refractivity contribution >= 4 is 29.0 Å². The highest BCUT2D eigenvalue weighted by Gasteiger charge is 2.18. The van der Waals surface area contributed by atoms with Crippen molar-refractivity contribution in [3.05, 3.63) is 54.4 Å². The molecule has 5 rings (SSSR count). The Bertz CT molecular complexity index is 1240. The standard InChI is InChI=1S/C29H38N8O2/c1-21(2)20-26-32-27(34-28(33-26)37-16-18-39-19-17-37)22-4-6-23(7-5-22)30-29(38)31-24-8-10-25(11-9-24)36-14-12-35(3)13-15-36/h4-11,21H,12-20H2,1-3H3,(H2,30,31,38). The molecule has 0 radical (unpaired) electrons. The van der Waals surface area contributed by atoms with Crippen LogP contribution in [0, 0.1) is 5.92 Å². The number of nitrogens with zero attached hydrogens (tertiary/aromatic N) is 6. The van der Waals surface area contributed by atoms with Crippen LogP contribution in [-0.2, 0) is 11.2 Å². The van der Waals surface area contributed by atoms with Gasteiger partial charge in [-0.3, -0.25) is 0 Å². The van der Waals surface area contributed by atoms with Crippen molar-refractivity contribution in [1.82, 2.24) is 19.9 Å². The zero-order valence-electron chi connectivity index (χ0n) is 23.1. The molecular weight excluding hydrogens is 492 g/mol. The van der Waals surface area contributed by atoms with Crippen molar-refractivity contribution in [2.45, 2.75) is 20.3 Å². The fraction of sp³-hybridized carbons (Fsp3) is 0.448. The van der Waals surface area contributed by atoms with Crippen LogP contribution in [0.25, 0.3) is 11.4 Å². The molecule has 0 atom stereocenters. The smallest absolute Gasteiger partial charge is 0.323 e. The van der Waals surface area contributed by atoms with E-state index >= 15 is 0 Å². The SMILES string of the molecule is CC(C)Cc1nc(-c2ccc(NC(=O)Nc3ccc(N4CCN(C)CC4)cc3)cc2)nc(N2CCOCC2)n1. The van der Waals surface area contributed by atoms with Gasteiger partial charge in [0.15, 0.2) is 5.82 Å². The van der Waals surface area contributed by atoms with Crippen molar-refractivity contribution in [2.75, 3.05) is 80.0 Å². The Morgan fingerprint density at radius 2 is 1.44 bits per heavy atom. The number of amides is 2. The first kappa shape index (κ1) is 26.8. The molecule has 10 nitrogen and oxygen atoms in total. The quantitative estimate of drug-likeness (QED) is 0.474. The predicted molar refractivity (Wildman–Crippen MR) is 156 cm³/mol. The van der Waals surface area contributed by atoms with Crippen molar-refractivity contribution in [3.63, 3.8) is 0 Å². The average molecular weight is 531 g/mol. The van der Waals surface area contributed by atoms with Crippen LogP contribution in [0.5, 0.6) is 0 Å². The molecule has 2 aliphatic heterocycles. The number of carbonyl (C=O) groups excluding carboxylic acids is 1. The Morgan fingerprint density at radius 3 is 2.05 bits per heavy atom. The van der Waals surface area contributed by atoms with Gasteiger partial charge in [0.1, 0.15) is 5.82 Å². The van der Waals surface area contributed by atoms with Gasteiger partial charge in [-0.25, -0.2) is 9.78 Å². The summed E-state index contributed by atoms with van der Waals surface area (Å²) < 4.78 is 5.49. The minimum atomic E-state index is -0.288. The number of nitrogens with one attached hydrogen (secondary N) is 2. The molecule has 3 aromatic rings. The maximum atomic E-state index is 12.6. The van der Waals surface area contributed by atoms with Gasteiger partial charge in [0.05, 0.1) is 13.2 Å². The highest BCUT2D eigenvalue weighted by atomic mass is 16.5. The minimum absolute atomic E-state index is 0.288. The van der Waals surface area contributed by atoms with Gasteiger partial charge in [-0.1, -0.05) is 13.8 Å². The molecule has 2 aliphatic rings. The van der Waals surface area contributed by atoms with Crippen molar-refractivity contribution in [1.29, 1.82) is 0 Å². The second-order valence-electron chi connectivity index (χ2n) is 10.6. The summed E-state index contributed by atoms with van der Waals surface area (Å²) in [6.07, 6.45) is 0.781. The lowest BCUT2D eigenvalue weighted by Crippen LogP contribution is -2.44. The number of aromatic nitrogens is 3. The van der Waals surface area contributed by atoms with E-state index in [-0.39, 0.29) is 6.03 Å². The first-order valence-electron chi connectivity index (χ1n) is 13.7. The van der Waals surface area contributed by atoms with E-state index in [4.69, 9.17) is 19.7 Å². The fourth-order valence-electron chi connectivity index (χ4n) is 4.71. The summed E-state index contributed by atoms with van der Waals surface area (Å²) in [5.74, 6) is 2.56. The van der Waals surface area contributed by atoms with Gasteiger partial charge in [-0.2, -0.15) is 9.97 Å². The summed E-state index contributed by atoms with van der Waals surface area (Å²) in [5, 5.41) is 5.83. The average Bonchev–Trinajstić information content (AvgIpc) is 2.94. The molecule has 0 spiro atoms. The van der Waals surface area contributed by atoms with Gasteiger partial charge in [0, 0.05) is 68.3 Å². The number of hydrogen-bond acceptors (Lipinski definition) is 8. The van der Waals surface area contributed by atoms with E-state index in [0.717, 1.165) is 62.8 Å². The van der Waals surface area contributed by atoms with Crippen LogP contribution >= 0.6 is 0 Å². The Morgan fingerprint density at radius 1 is 0.821 bits per heavy atom. The Labute approximate surface area is 230 Å². The summed E-state index contributed by atoms with van der Waals surface area (Å²) in [4.78, 5) is 33.7. The molecule has 39 heavy (non-hydrogen) atoms. The number of anilines is 4. The number of morpholine rings is 1. The first-order valence-corrected chi connectivity index (χ1v) is 13.7. The first-order chi connectivity index (χ1) is 18.9. The van der Waals surface area contributed by atoms with Gasteiger partial charge < -0.3 is 30.1 Å². The summed E-state index contributed by atoms with van der Waals surface area (Å²) in [6.45, 7) is 11.3. The molecule has 2 N–H and O–H groups in total. The lowest BCUT2D eigenvalue weighted by atomic mass is 10.1. The van der Waals surface area contributed by atoms with Crippen molar-refractivity contribution in [2.24, 2.45) is 5.92 Å². The van der Waals surface area contributed by atoms with E-state index in [1.165, 1.54) is 5.69 Å². The molecule has 0 aliphatic carbocycles. The molecule has 2 aromatic carbocycles. The fourth-order valence-corrected chi connectivity index (χ4v) is 4.71. The molecule has 1 aromatic heterocycles. The number of benzene rings is 2. The molecule has 0 unspecified atom stereocenters. The number of likely N-dealkylation sites (N-methyl/N-ethyl adjacent to an activating group) is 1. The van der Waals surface area contributed by atoms with E-state index in [2.05, 4.69) is 58.4 Å². The van der Waals surface area contributed by atoms with Gasteiger partial charge >= 0.3 is 6.03 Å². The topological polar surface area (TPSA) is 98.8 Å². The maximum Gasteiger partial charge on any atom is 0.323 e. The highest BCUT2D eigenvalue weighted by molar-refractivity contribution is 5.99. The van der Waals surface area contributed by atoms with Gasteiger partial charge in [0.2, 0.25) is 5.95 Å². The van der Waals surface area contributed by atoms with E-state index in [1.807, 2.05) is 36.4 Å².